The van der Waals surface area contributed by atoms with E-state index in [-0.39, 0.29) is 11.3 Å². The van der Waals surface area contributed by atoms with E-state index in [1.54, 1.807) is 48.5 Å². The van der Waals surface area contributed by atoms with Crippen LogP contribution in [0.2, 0.25) is 0 Å². The molecule has 1 aromatic heterocycles. The molecule has 0 saturated carbocycles. The lowest BCUT2D eigenvalue weighted by Crippen LogP contribution is -2.29. The Morgan fingerprint density at radius 1 is 0.919 bits per heavy atom. The van der Waals surface area contributed by atoms with Gasteiger partial charge >= 0.3 is 0 Å². The summed E-state index contributed by atoms with van der Waals surface area (Å²) in [6.07, 6.45) is 0. The Morgan fingerprint density at radius 3 is 2.30 bits per heavy atom. The Bertz CT molecular complexity index is 1460. The molecule has 1 saturated heterocycles. The first-order chi connectivity index (χ1) is 18.0. The molecule has 186 valence electrons. The maximum atomic E-state index is 13.3. The molecule has 2 heterocycles. The van der Waals surface area contributed by atoms with Gasteiger partial charge in [0.2, 0.25) is 0 Å². The number of Topliss-reactive ketones (excluding diaryl/α,β-unsaturated/α-hetero) is 1. The predicted octanol–water partition coefficient (Wildman–Crippen LogP) is 6.87. The van der Waals surface area contributed by atoms with Crippen molar-refractivity contribution < 1.29 is 24.2 Å². The minimum Gasteiger partial charge on any atom is -0.507 e. The second kappa shape index (κ2) is 10.3. The van der Waals surface area contributed by atoms with Gasteiger partial charge in [-0.2, -0.15) is 0 Å². The highest BCUT2D eigenvalue weighted by atomic mass is 32.1. The maximum Gasteiger partial charge on any atom is 0.300 e. The van der Waals surface area contributed by atoms with Crippen molar-refractivity contribution in [3.05, 3.63) is 112 Å². The van der Waals surface area contributed by atoms with Crippen molar-refractivity contribution >= 4 is 34.5 Å². The molecule has 3 aromatic carbocycles. The van der Waals surface area contributed by atoms with Crippen molar-refractivity contribution in [1.29, 1.82) is 0 Å². The summed E-state index contributed by atoms with van der Waals surface area (Å²) >= 11 is 1.42. The number of ketones is 1. The van der Waals surface area contributed by atoms with Crippen LogP contribution in [0, 0.1) is 6.92 Å². The lowest BCUT2D eigenvalue weighted by Gasteiger charge is -2.24. The van der Waals surface area contributed by atoms with E-state index < -0.39 is 17.7 Å². The monoisotopic (exact) mass is 511 g/mol. The van der Waals surface area contributed by atoms with Crippen molar-refractivity contribution in [3.8, 4) is 17.2 Å². The fourth-order valence-electron chi connectivity index (χ4n) is 4.34. The zero-order valence-electron chi connectivity index (χ0n) is 20.4. The molecule has 6 nitrogen and oxygen atoms in total. The van der Waals surface area contributed by atoms with Gasteiger partial charge in [0.15, 0.2) is 0 Å². The average Bonchev–Trinajstić information content (AvgIpc) is 3.52. The van der Waals surface area contributed by atoms with Gasteiger partial charge < -0.3 is 14.6 Å². The fourth-order valence-corrected chi connectivity index (χ4v) is 5.16. The fraction of sp³-hybridized carbons (Fsp3) is 0.133. The summed E-state index contributed by atoms with van der Waals surface area (Å²) in [5.41, 5.74) is 2.10. The summed E-state index contributed by atoms with van der Waals surface area (Å²) in [5.74, 6) is 0.322. The van der Waals surface area contributed by atoms with Crippen molar-refractivity contribution in [2.75, 3.05) is 11.5 Å². The van der Waals surface area contributed by atoms with E-state index >= 15 is 0 Å². The van der Waals surface area contributed by atoms with Crippen LogP contribution in [-0.2, 0) is 9.59 Å². The molecule has 7 heteroatoms. The van der Waals surface area contributed by atoms with Gasteiger partial charge in [-0.05, 0) is 91.5 Å². The van der Waals surface area contributed by atoms with Crippen LogP contribution in [0.5, 0.6) is 17.2 Å². The maximum absolute atomic E-state index is 13.3. The quantitative estimate of drug-likeness (QED) is 0.166. The van der Waals surface area contributed by atoms with Crippen molar-refractivity contribution in [3.63, 3.8) is 0 Å². The Hall–Kier alpha value is -4.36. The highest BCUT2D eigenvalue weighted by molar-refractivity contribution is 7.10. The number of aliphatic hydroxyl groups excluding tert-OH is 1. The molecule has 1 aliphatic heterocycles. The van der Waals surface area contributed by atoms with Crippen LogP contribution in [0.4, 0.5) is 5.69 Å². The van der Waals surface area contributed by atoms with Crippen LogP contribution in [0.3, 0.4) is 0 Å². The van der Waals surface area contributed by atoms with Gasteiger partial charge in [-0.15, -0.1) is 11.3 Å². The summed E-state index contributed by atoms with van der Waals surface area (Å²) in [6, 6.07) is 24.5. The van der Waals surface area contributed by atoms with Crippen molar-refractivity contribution in [1.82, 2.24) is 0 Å². The third-order valence-electron chi connectivity index (χ3n) is 6.04. The number of carbonyl (C=O) groups is 2. The number of amides is 1. The zero-order valence-corrected chi connectivity index (χ0v) is 21.2. The Balaban J connectivity index is 1.51. The summed E-state index contributed by atoms with van der Waals surface area (Å²) < 4.78 is 11.4. The number of aliphatic hydroxyl groups is 1. The molecule has 4 aromatic rings. The molecule has 0 spiro atoms. The first-order valence-electron chi connectivity index (χ1n) is 11.9. The van der Waals surface area contributed by atoms with E-state index in [4.69, 9.17) is 9.47 Å². The van der Waals surface area contributed by atoms with Crippen LogP contribution < -0.4 is 14.4 Å². The highest BCUT2D eigenvalue weighted by Crippen LogP contribution is 2.44. The number of benzene rings is 3. The summed E-state index contributed by atoms with van der Waals surface area (Å²) in [7, 11) is 0. The van der Waals surface area contributed by atoms with Gasteiger partial charge in [0.05, 0.1) is 12.2 Å². The largest absolute Gasteiger partial charge is 0.507 e. The van der Waals surface area contributed by atoms with E-state index in [1.165, 1.54) is 16.2 Å². The van der Waals surface area contributed by atoms with E-state index in [0.717, 1.165) is 10.4 Å². The molecule has 1 fully saturated rings. The third-order valence-corrected chi connectivity index (χ3v) is 6.96. The molecule has 37 heavy (non-hydrogen) atoms. The lowest BCUT2D eigenvalue weighted by atomic mass is 9.99. The van der Waals surface area contributed by atoms with Gasteiger partial charge in [0, 0.05) is 16.1 Å². The number of thiophene rings is 1. The number of aryl methyl sites for hydroxylation is 1. The van der Waals surface area contributed by atoms with Crippen LogP contribution in [0.25, 0.3) is 5.76 Å². The molecule has 1 N–H and O–H groups in total. The number of ether oxygens (including phenoxy) is 2. The highest BCUT2D eigenvalue weighted by Gasteiger charge is 2.47. The number of anilines is 1. The second-order valence-corrected chi connectivity index (χ2v) is 9.53. The molecule has 5 rings (SSSR count). The average molecular weight is 512 g/mol. The first kappa shape index (κ1) is 24.3. The summed E-state index contributed by atoms with van der Waals surface area (Å²) in [6.45, 7) is 4.39. The van der Waals surface area contributed by atoms with E-state index in [0.29, 0.717) is 35.1 Å². The predicted molar refractivity (Wildman–Crippen MR) is 144 cm³/mol. The van der Waals surface area contributed by atoms with Crippen molar-refractivity contribution in [2.45, 2.75) is 19.9 Å². The summed E-state index contributed by atoms with van der Waals surface area (Å²) in [4.78, 5) is 28.8. The minimum atomic E-state index is -0.755. The molecule has 1 atom stereocenters. The van der Waals surface area contributed by atoms with Crippen molar-refractivity contribution in [2.24, 2.45) is 0 Å². The molecule has 0 bridgehead atoms. The molecular weight excluding hydrogens is 486 g/mol. The van der Waals surface area contributed by atoms with Crippen LogP contribution in [0.15, 0.2) is 95.9 Å². The third kappa shape index (κ3) is 4.86. The van der Waals surface area contributed by atoms with E-state index in [2.05, 4.69) is 0 Å². The standard InChI is InChI=1S/C30H25NO5S/c1-3-35-22-13-9-20(10-14-22)28(32)26-27(25-8-5-17-37-25)31(30(34)29(26)33)21-11-15-23(16-12-21)36-24-7-4-6-19(2)18-24/h4-18,27,32H,3H2,1-2H3/b28-26-. The summed E-state index contributed by atoms with van der Waals surface area (Å²) in [5, 5.41) is 13.1. The molecule has 1 aliphatic rings. The SMILES string of the molecule is CCOc1ccc(/C(O)=C2/C(=O)C(=O)N(c3ccc(Oc4cccc(C)c4)cc3)C2c2cccs2)cc1. The number of nitrogens with zero attached hydrogens (tertiary/aromatic N) is 1. The number of carbonyl (C=O) groups excluding carboxylic acids is 2. The first-order valence-corrected chi connectivity index (χ1v) is 12.8. The molecule has 1 unspecified atom stereocenters. The lowest BCUT2D eigenvalue weighted by molar-refractivity contribution is -0.132. The van der Waals surface area contributed by atoms with Crippen LogP contribution in [-0.4, -0.2) is 23.4 Å². The molecule has 0 aliphatic carbocycles. The topological polar surface area (TPSA) is 76.1 Å². The second-order valence-electron chi connectivity index (χ2n) is 8.55. The van der Waals surface area contributed by atoms with Crippen LogP contribution >= 0.6 is 11.3 Å². The zero-order chi connectivity index (χ0) is 25.9. The van der Waals surface area contributed by atoms with Crippen LogP contribution in [0.1, 0.15) is 29.0 Å². The van der Waals surface area contributed by atoms with Gasteiger partial charge in [0.1, 0.15) is 29.0 Å². The molecular formula is C30H25NO5S. The number of rotatable bonds is 7. The van der Waals surface area contributed by atoms with Gasteiger partial charge in [-0.25, -0.2) is 0 Å². The van der Waals surface area contributed by atoms with E-state index in [1.807, 2.05) is 55.6 Å². The minimum absolute atomic E-state index is 0.0525. The smallest absolute Gasteiger partial charge is 0.300 e. The number of hydrogen-bond donors (Lipinski definition) is 1. The molecule has 0 radical (unpaired) electrons. The van der Waals surface area contributed by atoms with Gasteiger partial charge in [-0.3, -0.25) is 14.5 Å². The van der Waals surface area contributed by atoms with Gasteiger partial charge in [0.25, 0.3) is 11.7 Å². The van der Waals surface area contributed by atoms with E-state index in [9.17, 15) is 14.7 Å². The normalized spacial score (nSPS) is 16.7. The number of hydrogen-bond acceptors (Lipinski definition) is 6. The Morgan fingerprint density at radius 2 is 1.65 bits per heavy atom. The Labute approximate surface area is 219 Å². The Kier molecular flexibility index (Phi) is 6.79. The van der Waals surface area contributed by atoms with Gasteiger partial charge in [-0.1, -0.05) is 18.2 Å². The molecule has 1 amide bonds.